The van der Waals surface area contributed by atoms with Gasteiger partial charge in [0.2, 0.25) is 0 Å². The number of piperazine rings is 1. The Morgan fingerprint density at radius 1 is 1.33 bits per heavy atom. The van der Waals surface area contributed by atoms with Crippen LogP contribution in [0.3, 0.4) is 0 Å². The van der Waals surface area contributed by atoms with Gasteiger partial charge in [0, 0.05) is 30.7 Å². The molecule has 1 unspecified atom stereocenters. The van der Waals surface area contributed by atoms with Gasteiger partial charge in [0.1, 0.15) is 6.04 Å². The fraction of sp³-hybridized carbons (Fsp3) is 0.462. The van der Waals surface area contributed by atoms with Crippen LogP contribution in [0.25, 0.3) is 0 Å². The maximum Gasteiger partial charge on any atom is 0.123 e. The molecule has 3 nitrogen and oxygen atoms in total. The average molecular weight is 329 g/mol. The lowest BCUT2D eigenvalue weighted by Gasteiger charge is -2.35. The van der Waals surface area contributed by atoms with Crippen LogP contribution in [0.2, 0.25) is 5.02 Å². The van der Waals surface area contributed by atoms with Gasteiger partial charge in [-0.25, -0.2) is 0 Å². The van der Waals surface area contributed by atoms with Gasteiger partial charge in [-0.15, -0.1) is 0 Å². The van der Waals surface area contributed by atoms with Gasteiger partial charge in [-0.1, -0.05) is 17.7 Å². The van der Waals surface area contributed by atoms with Crippen molar-refractivity contribution in [2.24, 2.45) is 0 Å². The molecule has 0 amide bonds. The molecule has 5 heteroatoms. The zero-order chi connectivity index (χ0) is 13.1. The van der Waals surface area contributed by atoms with Gasteiger partial charge < -0.3 is 4.90 Å². The highest BCUT2D eigenvalue weighted by atomic mass is 79.9. The Kier molecular flexibility index (Phi) is 4.63. The third kappa shape index (κ3) is 3.04. The second kappa shape index (κ2) is 6.03. The van der Waals surface area contributed by atoms with Crippen LogP contribution in [0.5, 0.6) is 0 Å². The summed E-state index contributed by atoms with van der Waals surface area (Å²) < 4.78 is 0.844. The van der Waals surface area contributed by atoms with E-state index in [0.717, 1.165) is 36.2 Å². The summed E-state index contributed by atoms with van der Waals surface area (Å²) in [4.78, 5) is 4.50. The van der Waals surface area contributed by atoms with Gasteiger partial charge >= 0.3 is 0 Å². The van der Waals surface area contributed by atoms with Crippen molar-refractivity contribution in [1.29, 1.82) is 5.26 Å². The summed E-state index contributed by atoms with van der Waals surface area (Å²) in [5.74, 6) is 0. The van der Waals surface area contributed by atoms with Crippen LogP contribution in [0.4, 0.5) is 0 Å². The van der Waals surface area contributed by atoms with E-state index in [1.807, 2.05) is 18.2 Å². The molecular formula is C13H15BrClN3. The van der Waals surface area contributed by atoms with E-state index >= 15 is 0 Å². The zero-order valence-corrected chi connectivity index (χ0v) is 12.6. The van der Waals surface area contributed by atoms with Crippen molar-refractivity contribution in [3.63, 3.8) is 0 Å². The first-order valence-corrected chi connectivity index (χ1v) is 7.06. The fourth-order valence-electron chi connectivity index (χ4n) is 2.13. The number of hydrogen-bond donors (Lipinski definition) is 0. The standard InChI is InChI=1S/C13H15BrClN3/c1-17-4-6-18(7-5-17)13(9-16)10-2-3-12(15)11(14)8-10/h2-3,8,13H,4-7H2,1H3. The number of benzene rings is 1. The zero-order valence-electron chi connectivity index (χ0n) is 10.2. The highest BCUT2D eigenvalue weighted by molar-refractivity contribution is 9.10. The first kappa shape index (κ1) is 13.8. The van der Waals surface area contributed by atoms with E-state index in [-0.39, 0.29) is 6.04 Å². The smallest absolute Gasteiger partial charge is 0.123 e. The fourth-order valence-corrected chi connectivity index (χ4v) is 2.64. The number of nitriles is 1. The molecule has 0 aromatic heterocycles. The number of nitrogens with zero attached hydrogens (tertiary/aromatic N) is 3. The Labute approximate surface area is 121 Å². The van der Waals surface area contributed by atoms with E-state index < -0.39 is 0 Å². The molecule has 1 aromatic carbocycles. The van der Waals surface area contributed by atoms with Crippen molar-refractivity contribution in [1.82, 2.24) is 9.80 Å². The largest absolute Gasteiger partial charge is 0.304 e. The van der Waals surface area contributed by atoms with Gasteiger partial charge in [0.05, 0.1) is 11.1 Å². The highest BCUT2D eigenvalue weighted by Gasteiger charge is 2.23. The maximum absolute atomic E-state index is 9.40. The molecule has 2 rings (SSSR count). The molecule has 0 bridgehead atoms. The molecule has 0 N–H and O–H groups in total. The quantitative estimate of drug-likeness (QED) is 0.836. The molecule has 1 aliphatic rings. The normalized spacial score (nSPS) is 19.4. The lowest BCUT2D eigenvalue weighted by atomic mass is 10.1. The predicted octanol–water partition coefficient (Wildman–Crippen LogP) is 2.91. The third-order valence-electron chi connectivity index (χ3n) is 3.28. The molecular weight excluding hydrogens is 314 g/mol. The predicted molar refractivity (Wildman–Crippen MR) is 76.6 cm³/mol. The molecule has 18 heavy (non-hydrogen) atoms. The third-order valence-corrected chi connectivity index (χ3v) is 4.50. The van der Waals surface area contributed by atoms with Gasteiger partial charge in [0.15, 0.2) is 0 Å². The van der Waals surface area contributed by atoms with E-state index in [0.29, 0.717) is 5.02 Å². The molecule has 1 aromatic rings. The first-order valence-electron chi connectivity index (χ1n) is 5.89. The molecule has 0 saturated carbocycles. The highest BCUT2D eigenvalue weighted by Crippen LogP contribution is 2.28. The number of rotatable bonds is 2. The van der Waals surface area contributed by atoms with Crippen molar-refractivity contribution in [3.8, 4) is 6.07 Å². The molecule has 1 fully saturated rings. The van der Waals surface area contributed by atoms with E-state index in [4.69, 9.17) is 11.6 Å². The molecule has 1 aliphatic heterocycles. The molecule has 1 heterocycles. The van der Waals surface area contributed by atoms with Crippen molar-refractivity contribution < 1.29 is 0 Å². The summed E-state index contributed by atoms with van der Waals surface area (Å²) in [6.07, 6.45) is 0. The molecule has 0 spiro atoms. The maximum atomic E-state index is 9.40. The van der Waals surface area contributed by atoms with Crippen LogP contribution < -0.4 is 0 Å². The molecule has 0 radical (unpaired) electrons. The van der Waals surface area contributed by atoms with Gasteiger partial charge in [-0.05, 0) is 40.7 Å². The van der Waals surface area contributed by atoms with Crippen molar-refractivity contribution >= 4 is 27.5 Å². The number of hydrogen-bond acceptors (Lipinski definition) is 3. The van der Waals surface area contributed by atoms with Crippen LogP contribution in [0.15, 0.2) is 22.7 Å². The second-order valence-corrected chi connectivity index (χ2v) is 5.81. The van der Waals surface area contributed by atoms with E-state index in [1.165, 1.54) is 0 Å². The van der Waals surface area contributed by atoms with Crippen LogP contribution in [-0.4, -0.2) is 43.0 Å². The minimum absolute atomic E-state index is 0.188. The molecule has 1 saturated heterocycles. The van der Waals surface area contributed by atoms with Crippen molar-refractivity contribution in [3.05, 3.63) is 33.3 Å². The van der Waals surface area contributed by atoms with Gasteiger partial charge in [-0.3, -0.25) is 4.90 Å². The number of halogens is 2. The van der Waals surface area contributed by atoms with Crippen molar-refractivity contribution in [2.75, 3.05) is 33.2 Å². The minimum atomic E-state index is -0.188. The van der Waals surface area contributed by atoms with Gasteiger partial charge in [-0.2, -0.15) is 5.26 Å². The van der Waals surface area contributed by atoms with Crippen molar-refractivity contribution in [2.45, 2.75) is 6.04 Å². The summed E-state index contributed by atoms with van der Waals surface area (Å²) >= 11 is 9.39. The molecule has 1 atom stereocenters. The van der Waals surface area contributed by atoms with Gasteiger partial charge in [0.25, 0.3) is 0 Å². The van der Waals surface area contributed by atoms with E-state index in [2.05, 4.69) is 38.8 Å². The summed E-state index contributed by atoms with van der Waals surface area (Å²) in [6, 6.07) is 7.91. The first-order chi connectivity index (χ1) is 8.61. The Morgan fingerprint density at radius 3 is 2.56 bits per heavy atom. The summed E-state index contributed by atoms with van der Waals surface area (Å²) in [6.45, 7) is 3.86. The Bertz CT molecular complexity index is 464. The number of likely N-dealkylation sites (N-methyl/N-ethyl adjacent to an activating group) is 1. The summed E-state index contributed by atoms with van der Waals surface area (Å²) in [5.41, 5.74) is 0.998. The second-order valence-electron chi connectivity index (χ2n) is 4.54. The Morgan fingerprint density at radius 2 is 2.00 bits per heavy atom. The van der Waals surface area contributed by atoms with E-state index in [1.54, 1.807) is 0 Å². The Hall–Kier alpha value is -0.600. The van der Waals surface area contributed by atoms with Crippen LogP contribution >= 0.6 is 27.5 Å². The topological polar surface area (TPSA) is 30.3 Å². The van der Waals surface area contributed by atoms with Crippen LogP contribution in [0.1, 0.15) is 11.6 Å². The molecule has 0 aliphatic carbocycles. The lowest BCUT2D eigenvalue weighted by Crippen LogP contribution is -2.45. The Balaban J connectivity index is 2.18. The van der Waals surface area contributed by atoms with Crippen LogP contribution in [0, 0.1) is 11.3 Å². The minimum Gasteiger partial charge on any atom is -0.304 e. The van der Waals surface area contributed by atoms with E-state index in [9.17, 15) is 5.26 Å². The monoisotopic (exact) mass is 327 g/mol. The lowest BCUT2D eigenvalue weighted by molar-refractivity contribution is 0.133. The average Bonchev–Trinajstić information content (AvgIpc) is 2.37. The SMILES string of the molecule is CN1CCN(C(C#N)c2ccc(Cl)c(Br)c2)CC1. The summed E-state index contributed by atoms with van der Waals surface area (Å²) in [5, 5.41) is 10.1. The molecule has 96 valence electrons. The van der Waals surface area contributed by atoms with Crippen LogP contribution in [-0.2, 0) is 0 Å². The summed E-state index contributed by atoms with van der Waals surface area (Å²) in [7, 11) is 2.11.